The van der Waals surface area contributed by atoms with Gasteiger partial charge in [-0.1, -0.05) is 11.6 Å². The van der Waals surface area contributed by atoms with Crippen LogP contribution in [0, 0.1) is 0 Å². The zero-order valence-electron chi connectivity index (χ0n) is 9.02. The maximum atomic E-state index is 11.9. The highest BCUT2D eigenvalue weighted by atomic mass is 79.9. The van der Waals surface area contributed by atoms with Crippen molar-refractivity contribution in [2.75, 3.05) is 5.32 Å². The highest BCUT2D eigenvalue weighted by Gasteiger charge is 2.09. The number of benzene rings is 1. The molecule has 0 radical (unpaired) electrons. The molecule has 0 saturated carbocycles. The summed E-state index contributed by atoms with van der Waals surface area (Å²) in [5, 5.41) is 12.1. The third kappa shape index (κ3) is 3.00. The van der Waals surface area contributed by atoms with Gasteiger partial charge in [-0.2, -0.15) is 0 Å². The minimum absolute atomic E-state index is 0.0414. The number of rotatable bonds is 2. The normalized spacial score (nSPS) is 10.1. The van der Waals surface area contributed by atoms with Crippen LogP contribution in [0.25, 0.3) is 0 Å². The van der Waals surface area contributed by atoms with E-state index in [9.17, 15) is 9.90 Å². The largest absolute Gasteiger partial charge is 0.508 e. The number of halogens is 2. The number of carbonyl (C=O) groups is 1. The fraction of sp³-hybridized carbons (Fsp3) is 0. The zero-order chi connectivity index (χ0) is 13.1. The van der Waals surface area contributed by atoms with Crippen molar-refractivity contribution in [3.63, 3.8) is 0 Å². The summed E-state index contributed by atoms with van der Waals surface area (Å²) in [7, 11) is 0. The molecule has 2 aromatic rings. The van der Waals surface area contributed by atoms with E-state index in [1.807, 2.05) is 0 Å². The van der Waals surface area contributed by atoms with Gasteiger partial charge in [0.25, 0.3) is 5.91 Å². The molecule has 1 aromatic heterocycles. The molecule has 0 fully saturated rings. The van der Waals surface area contributed by atoms with Crippen molar-refractivity contribution in [1.29, 1.82) is 0 Å². The van der Waals surface area contributed by atoms with Crippen LogP contribution in [-0.2, 0) is 0 Å². The summed E-state index contributed by atoms with van der Waals surface area (Å²) in [5.74, 6) is -0.324. The Kier molecular flexibility index (Phi) is 3.84. The standard InChI is InChI=1S/C12H8BrClN2O2/c13-7-1-3-11(15-6-7)12(18)16-10-4-2-8(17)5-9(10)14/h1-6,17H,(H,16,18). The monoisotopic (exact) mass is 326 g/mol. The number of aromatic hydroxyl groups is 1. The molecule has 0 atom stereocenters. The first-order chi connectivity index (χ1) is 8.56. The summed E-state index contributed by atoms with van der Waals surface area (Å²) >= 11 is 9.12. The minimum Gasteiger partial charge on any atom is -0.508 e. The lowest BCUT2D eigenvalue weighted by molar-refractivity contribution is 0.102. The number of anilines is 1. The summed E-state index contributed by atoms with van der Waals surface area (Å²) in [4.78, 5) is 15.8. The van der Waals surface area contributed by atoms with Gasteiger partial charge in [-0.3, -0.25) is 4.79 Å². The SMILES string of the molecule is O=C(Nc1ccc(O)cc1Cl)c1ccc(Br)cn1. The van der Waals surface area contributed by atoms with Crippen LogP contribution < -0.4 is 5.32 Å². The van der Waals surface area contributed by atoms with Crippen molar-refractivity contribution in [2.24, 2.45) is 0 Å². The van der Waals surface area contributed by atoms with Gasteiger partial charge in [0.05, 0.1) is 10.7 Å². The van der Waals surface area contributed by atoms with Crippen molar-refractivity contribution >= 4 is 39.1 Å². The number of nitrogens with one attached hydrogen (secondary N) is 1. The number of nitrogens with zero attached hydrogens (tertiary/aromatic N) is 1. The Hall–Kier alpha value is -1.59. The van der Waals surface area contributed by atoms with Gasteiger partial charge in [0.15, 0.2) is 0 Å². The Balaban J connectivity index is 2.18. The Morgan fingerprint density at radius 1 is 1.33 bits per heavy atom. The molecule has 0 saturated heterocycles. The van der Waals surface area contributed by atoms with E-state index in [0.29, 0.717) is 5.69 Å². The lowest BCUT2D eigenvalue weighted by atomic mass is 10.2. The van der Waals surface area contributed by atoms with E-state index >= 15 is 0 Å². The van der Waals surface area contributed by atoms with Gasteiger partial charge >= 0.3 is 0 Å². The number of phenolic OH excluding ortho intramolecular Hbond substituents is 1. The van der Waals surface area contributed by atoms with Gasteiger partial charge in [-0.05, 0) is 40.2 Å². The van der Waals surface area contributed by atoms with E-state index in [-0.39, 0.29) is 22.4 Å². The molecule has 18 heavy (non-hydrogen) atoms. The molecule has 92 valence electrons. The molecule has 0 aliphatic rings. The van der Waals surface area contributed by atoms with Crippen LogP contribution in [0.1, 0.15) is 10.5 Å². The molecule has 1 heterocycles. The van der Waals surface area contributed by atoms with Crippen LogP contribution >= 0.6 is 27.5 Å². The number of pyridine rings is 1. The van der Waals surface area contributed by atoms with Crippen LogP contribution in [0.5, 0.6) is 5.75 Å². The van der Waals surface area contributed by atoms with Crippen molar-refractivity contribution in [3.8, 4) is 5.75 Å². The van der Waals surface area contributed by atoms with Crippen LogP contribution in [0.15, 0.2) is 41.0 Å². The Bertz CT molecular complexity index is 587. The summed E-state index contributed by atoms with van der Waals surface area (Å²) in [6.07, 6.45) is 1.54. The molecule has 0 bridgehead atoms. The molecule has 6 heteroatoms. The zero-order valence-corrected chi connectivity index (χ0v) is 11.4. The number of carbonyl (C=O) groups excluding carboxylic acids is 1. The van der Waals surface area contributed by atoms with E-state index < -0.39 is 0 Å². The molecule has 0 unspecified atom stereocenters. The number of aromatic nitrogens is 1. The van der Waals surface area contributed by atoms with Gasteiger partial charge in [-0.15, -0.1) is 0 Å². The van der Waals surface area contributed by atoms with Crippen molar-refractivity contribution in [1.82, 2.24) is 4.98 Å². The Labute approximate surface area is 117 Å². The number of phenols is 1. The average molecular weight is 328 g/mol. The fourth-order valence-corrected chi connectivity index (χ4v) is 1.76. The summed E-state index contributed by atoms with van der Waals surface area (Å²) in [6.45, 7) is 0. The van der Waals surface area contributed by atoms with Crippen LogP contribution in [0.2, 0.25) is 5.02 Å². The van der Waals surface area contributed by atoms with Gasteiger partial charge in [0, 0.05) is 16.7 Å². The molecule has 2 N–H and O–H groups in total. The lowest BCUT2D eigenvalue weighted by Crippen LogP contribution is -2.13. The highest BCUT2D eigenvalue weighted by molar-refractivity contribution is 9.10. The maximum Gasteiger partial charge on any atom is 0.274 e. The van der Waals surface area contributed by atoms with Crippen molar-refractivity contribution < 1.29 is 9.90 Å². The summed E-state index contributed by atoms with van der Waals surface area (Å²) in [5.41, 5.74) is 0.700. The second-order valence-electron chi connectivity index (χ2n) is 3.48. The predicted molar refractivity (Wildman–Crippen MR) is 73.0 cm³/mol. The molecular formula is C12H8BrClN2O2. The van der Waals surface area contributed by atoms with Crippen molar-refractivity contribution in [2.45, 2.75) is 0 Å². The van der Waals surface area contributed by atoms with Gasteiger partial charge in [-0.25, -0.2) is 4.98 Å². The average Bonchev–Trinajstić information content (AvgIpc) is 2.33. The molecular weight excluding hydrogens is 320 g/mol. The Morgan fingerprint density at radius 3 is 2.72 bits per heavy atom. The van der Waals surface area contributed by atoms with Crippen LogP contribution in [0.3, 0.4) is 0 Å². The first-order valence-electron chi connectivity index (χ1n) is 4.97. The lowest BCUT2D eigenvalue weighted by Gasteiger charge is -2.07. The number of amides is 1. The second-order valence-corrected chi connectivity index (χ2v) is 4.80. The molecule has 1 aromatic carbocycles. The topological polar surface area (TPSA) is 62.2 Å². The third-order valence-electron chi connectivity index (χ3n) is 2.16. The smallest absolute Gasteiger partial charge is 0.274 e. The first-order valence-corrected chi connectivity index (χ1v) is 6.15. The number of hydrogen-bond donors (Lipinski definition) is 2. The number of hydrogen-bond acceptors (Lipinski definition) is 3. The van der Waals surface area contributed by atoms with Gasteiger partial charge in [0.2, 0.25) is 0 Å². The van der Waals surface area contributed by atoms with E-state index in [2.05, 4.69) is 26.2 Å². The van der Waals surface area contributed by atoms with E-state index in [4.69, 9.17) is 11.6 Å². The van der Waals surface area contributed by atoms with Gasteiger partial charge < -0.3 is 10.4 Å². The predicted octanol–water partition coefficient (Wildman–Crippen LogP) is 3.46. The quantitative estimate of drug-likeness (QED) is 0.830. The summed E-state index contributed by atoms with van der Waals surface area (Å²) in [6, 6.07) is 7.63. The minimum atomic E-state index is -0.366. The van der Waals surface area contributed by atoms with Crippen LogP contribution in [-0.4, -0.2) is 16.0 Å². The van der Waals surface area contributed by atoms with E-state index in [1.165, 1.54) is 24.4 Å². The molecule has 0 aliphatic heterocycles. The highest BCUT2D eigenvalue weighted by Crippen LogP contribution is 2.26. The second kappa shape index (κ2) is 5.37. The molecule has 1 amide bonds. The maximum absolute atomic E-state index is 11.9. The summed E-state index contributed by atoms with van der Waals surface area (Å²) < 4.78 is 0.793. The van der Waals surface area contributed by atoms with E-state index in [0.717, 1.165) is 4.47 Å². The van der Waals surface area contributed by atoms with Crippen molar-refractivity contribution in [3.05, 3.63) is 51.7 Å². The molecule has 0 aliphatic carbocycles. The van der Waals surface area contributed by atoms with Gasteiger partial charge in [0.1, 0.15) is 11.4 Å². The van der Waals surface area contributed by atoms with E-state index in [1.54, 1.807) is 12.1 Å². The molecule has 4 nitrogen and oxygen atoms in total. The first kappa shape index (κ1) is 12.9. The molecule has 2 rings (SSSR count). The van der Waals surface area contributed by atoms with Crippen LogP contribution in [0.4, 0.5) is 5.69 Å². The third-order valence-corrected chi connectivity index (χ3v) is 2.94. The molecule has 0 spiro atoms. The fourth-order valence-electron chi connectivity index (χ4n) is 1.30. The Morgan fingerprint density at radius 2 is 2.11 bits per heavy atom.